The van der Waals surface area contributed by atoms with Crippen LogP contribution < -0.4 is 5.32 Å². The van der Waals surface area contributed by atoms with Crippen molar-refractivity contribution in [2.45, 2.75) is 39.8 Å². The quantitative estimate of drug-likeness (QED) is 0.605. The number of hydrogen-bond donors (Lipinski definition) is 1. The lowest BCUT2D eigenvalue weighted by atomic mass is 10.1. The molecule has 3 rings (SSSR count). The summed E-state index contributed by atoms with van der Waals surface area (Å²) >= 11 is 0. The second-order valence-corrected chi connectivity index (χ2v) is 6.94. The third kappa shape index (κ3) is 3.51. The van der Waals surface area contributed by atoms with Crippen molar-refractivity contribution < 1.29 is 23.9 Å². The molecule has 152 valence electrons. The number of imide groups is 1. The summed E-state index contributed by atoms with van der Waals surface area (Å²) in [5, 5.41) is 6.91. The van der Waals surface area contributed by atoms with Crippen LogP contribution in [0.3, 0.4) is 0 Å². The summed E-state index contributed by atoms with van der Waals surface area (Å²) in [6, 6.07) is 5.18. The smallest absolute Gasteiger partial charge is 0.329 e. The fraction of sp³-hybridized carbons (Fsp3) is 0.350. The molecule has 0 saturated heterocycles. The van der Waals surface area contributed by atoms with E-state index in [9.17, 15) is 19.2 Å². The first-order chi connectivity index (χ1) is 13.6. The van der Waals surface area contributed by atoms with Gasteiger partial charge in [-0.05, 0) is 39.8 Å². The first-order valence-electron chi connectivity index (χ1n) is 9.12. The van der Waals surface area contributed by atoms with Crippen LogP contribution in [0, 0.1) is 13.8 Å². The van der Waals surface area contributed by atoms with E-state index < -0.39 is 35.8 Å². The highest BCUT2D eigenvalue weighted by molar-refractivity contribution is 6.22. The zero-order valence-electron chi connectivity index (χ0n) is 16.8. The van der Waals surface area contributed by atoms with Crippen LogP contribution in [0.15, 0.2) is 24.3 Å². The fourth-order valence-electron chi connectivity index (χ4n) is 3.17. The molecule has 0 radical (unpaired) electrons. The third-order valence-corrected chi connectivity index (χ3v) is 4.97. The van der Waals surface area contributed by atoms with E-state index in [-0.39, 0.29) is 11.1 Å². The van der Waals surface area contributed by atoms with E-state index in [4.69, 9.17) is 4.74 Å². The van der Waals surface area contributed by atoms with Crippen molar-refractivity contribution in [3.63, 3.8) is 0 Å². The second-order valence-electron chi connectivity index (χ2n) is 6.94. The molecule has 0 saturated carbocycles. The summed E-state index contributed by atoms with van der Waals surface area (Å²) in [4.78, 5) is 50.8. The average molecular weight is 398 g/mol. The van der Waals surface area contributed by atoms with E-state index in [1.54, 1.807) is 37.7 Å². The summed E-state index contributed by atoms with van der Waals surface area (Å²) < 4.78 is 6.85. The maximum atomic E-state index is 12.5. The van der Waals surface area contributed by atoms with Crippen molar-refractivity contribution >= 4 is 29.4 Å². The topological polar surface area (TPSA) is 111 Å². The van der Waals surface area contributed by atoms with Crippen LogP contribution in [0.2, 0.25) is 0 Å². The average Bonchev–Trinajstić information content (AvgIpc) is 3.08. The number of rotatable bonds is 5. The fourth-order valence-corrected chi connectivity index (χ4v) is 3.17. The van der Waals surface area contributed by atoms with Crippen LogP contribution in [0.5, 0.6) is 0 Å². The molecule has 0 aliphatic carbocycles. The minimum atomic E-state index is -1.17. The van der Waals surface area contributed by atoms with Gasteiger partial charge in [0, 0.05) is 7.05 Å². The normalized spacial score (nSPS) is 15.1. The van der Waals surface area contributed by atoms with Gasteiger partial charge in [-0.3, -0.25) is 24.0 Å². The first-order valence-corrected chi connectivity index (χ1v) is 9.12. The van der Waals surface area contributed by atoms with Crippen molar-refractivity contribution in [2.24, 2.45) is 7.05 Å². The van der Waals surface area contributed by atoms with E-state index >= 15 is 0 Å². The highest BCUT2D eigenvalue weighted by Gasteiger charge is 2.41. The van der Waals surface area contributed by atoms with E-state index in [1.165, 1.54) is 26.0 Å². The molecule has 0 unspecified atom stereocenters. The Morgan fingerprint density at radius 1 is 1.07 bits per heavy atom. The van der Waals surface area contributed by atoms with Gasteiger partial charge in [0.05, 0.1) is 28.2 Å². The minimum Gasteiger partial charge on any atom is -0.451 e. The summed E-state index contributed by atoms with van der Waals surface area (Å²) in [6.07, 6.45) is -1.13. The number of aryl methyl sites for hydroxylation is 2. The SMILES string of the molecule is Cc1nn(C)c(C)c1NC(=O)[C@H](C)OC(=O)[C@@H](C)N1C(=O)c2ccccc2C1=O. The number of carbonyl (C=O) groups excluding carboxylic acids is 4. The van der Waals surface area contributed by atoms with Crippen LogP contribution in [-0.2, 0) is 21.4 Å². The van der Waals surface area contributed by atoms with E-state index in [2.05, 4.69) is 10.4 Å². The van der Waals surface area contributed by atoms with Crippen LogP contribution >= 0.6 is 0 Å². The predicted molar refractivity (Wildman–Crippen MR) is 103 cm³/mol. The van der Waals surface area contributed by atoms with Crippen molar-refractivity contribution in [1.29, 1.82) is 0 Å². The number of nitrogens with one attached hydrogen (secondary N) is 1. The highest BCUT2D eigenvalue weighted by atomic mass is 16.5. The highest BCUT2D eigenvalue weighted by Crippen LogP contribution is 2.25. The number of carbonyl (C=O) groups is 4. The van der Waals surface area contributed by atoms with Crippen molar-refractivity contribution in [3.8, 4) is 0 Å². The van der Waals surface area contributed by atoms with Gasteiger partial charge in [-0.15, -0.1) is 0 Å². The van der Waals surface area contributed by atoms with Crippen molar-refractivity contribution in [1.82, 2.24) is 14.7 Å². The second kappa shape index (κ2) is 7.50. The minimum absolute atomic E-state index is 0.241. The largest absolute Gasteiger partial charge is 0.451 e. The van der Waals surface area contributed by atoms with Gasteiger partial charge in [-0.2, -0.15) is 5.10 Å². The third-order valence-electron chi connectivity index (χ3n) is 4.97. The Bertz CT molecular complexity index is 991. The van der Waals surface area contributed by atoms with Gasteiger partial charge in [0.15, 0.2) is 6.10 Å². The standard InChI is InChI=1S/C20H22N4O5/c1-10-16(11(2)23(5)22-10)21-17(25)13(4)29-20(28)12(3)24-18(26)14-8-6-7-9-15(14)19(24)27/h6-9,12-13H,1-5H3,(H,21,25)/t12-,13+/m1/s1. The lowest BCUT2D eigenvalue weighted by molar-refractivity contribution is -0.156. The molecule has 1 aromatic heterocycles. The molecule has 0 spiro atoms. The molecule has 2 heterocycles. The molecular formula is C20H22N4O5. The number of hydrogen-bond acceptors (Lipinski definition) is 6. The molecule has 2 aromatic rings. The number of ether oxygens (including phenoxy) is 1. The van der Waals surface area contributed by atoms with Crippen molar-refractivity contribution in [3.05, 3.63) is 46.8 Å². The molecule has 2 atom stereocenters. The molecule has 0 fully saturated rings. The van der Waals surface area contributed by atoms with Crippen molar-refractivity contribution in [2.75, 3.05) is 5.32 Å². The van der Waals surface area contributed by atoms with Gasteiger partial charge in [0.1, 0.15) is 6.04 Å². The number of nitrogens with zero attached hydrogens (tertiary/aromatic N) is 3. The molecule has 1 aliphatic rings. The lowest BCUT2D eigenvalue weighted by Crippen LogP contribution is -2.45. The molecule has 9 nitrogen and oxygen atoms in total. The molecule has 29 heavy (non-hydrogen) atoms. The monoisotopic (exact) mass is 398 g/mol. The van der Waals surface area contributed by atoms with Gasteiger partial charge in [-0.25, -0.2) is 4.79 Å². The molecular weight excluding hydrogens is 376 g/mol. The Morgan fingerprint density at radius 2 is 1.62 bits per heavy atom. The Balaban J connectivity index is 1.67. The Hall–Kier alpha value is -3.49. The van der Waals surface area contributed by atoms with Gasteiger partial charge in [-0.1, -0.05) is 12.1 Å². The first kappa shape index (κ1) is 20.2. The zero-order chi connectivity index (χ0) is 21.5. The van der Waals surface area contributed by atoms with Crippen LogP contribution in [-0.4, -0.2) is 50.5 Å². The van der Waals surface area contributed by atoms with E-state index in [0.717, 1.165) is 10.6 Å². The molecule has 3 amide bonds. The Kier molecular flexibility index (Phi) is 5.23. The Morgan fingerprint density at radius 3 is 2.10 bits per heavy atom. The number of fused-ring (bicyclic) bond motifs is 1. The summed E-state index contributed by atoms with van der Waals surface area (Å²) in [7, 11) is 1.76. The van der Waals surface area contributed by atoms with Gasteiger partial charge in [0.2, 0.25) is 0 Å². The van der Waals surface area contributed by atoms with Crippen LogP contribution in [0.25, 0.3) is 0 Å². The van der Waals surface area contributed by atoms with Gasteiger partial charge in [0.25, 0.3) is 17.7 Å². The van der Waals surface area contributed by atoms with E-state index in [1.807, 2.05) is 0 Å². The number of anilines is 1. The van der Waals surface area contributed by atoms with Gasteiger partial charge >= 0.3 is 5.97 Å². The number of esters is 1. The maximum absolute atomic E-state index is 12.5. The zero-order valence-corrected chi connectivity index (χ0v) is 16.8. The van der Waals surface area contributed by atoms with Crippen LogP contribution in [0.1, 0.15) is 46.0 Å². The maximum Gasteiger partial charge on any atom is 0.329 e. The molecule has 0 bridgehead atoms. The molecule has 1 aromatic carbocycles. The van der Waals surface area contributed by atoms with Crippen LogP contribution in [0.4, 0.5) is 5.69 Å². The summed E-state index contributed by atoms with van der Waals surface area (Å²) in [6.45, 7) is 6.37. The summed E-state index contributed by atoms with van der Waals surface area (Å²) in [5.74, 6) is -2.50. The predicted octanol–water partition coefficient (Wildman–Crippen LogP) is 1.59. The van der Waals surface area contributed by atoms with Gasteiger partial charge < -0.3 is 10.1 Å². The lowest BCUT2D eigenvalue weighted by Gasteiger charge is -2.22. The number of benzene rings is 1. The molecule has 1 N–H and O–H groups in total. The Labute approximate surface area is 167 Å². The summed E-state index contributed by atoms with van der Waals surface area (Å²) in [5.41, 5.74) is 2.43. The molecule has 9 heteroatoms. The number of aromatic nitrogens is 2. The van der Waals surface area contributed by atoms with E-state index in [0.29, 0.717) is 11.4 Å². The molecule has 1 aliphatic heterocycles. The number of amides is 3.